The Bertz CT molecular complexity index is 922. The third kappa shape index (κ3) is 4.43. The fraction of sp³-hybridized carbons (Fsp3) is 0.350. The minimum Gasteiger partial charge on any atom is -0.495 e. The second-order valence-electron chi connectivity index (χ2n) is 6.53. The summed E-state index contributed by atoms with van der Waals surface area (Å²) in [7, 11) is 3.57. The summed E-state index contributed by atoms with van der Waals surface area (Å²) in [6, 6.07) is 8.00. The Morgan fingerprint density at radius 3 is 2.63 bits per heavy atom. The van der Waals surface area contributed by atoms with Crippen molar-refractivity contribution in [3.8, 4) is 11.4 Å². The summed E-state index contributed by atoms with van der Waals surface area (Å²) in [4.78, 5) is 15.4. The van der Waals surface area contributed by atoms with Crippen molar-refractivity contribution in [2.24, 2.45) is 0 Å². The SMILES string of the molecule is COc1cc(Cc2nc(C)cc(N(C)CCO)n2)ccc1-n1cnc(C)c1. The predicted molar refractivity (Wildman–Crippen MR) is 105 cm³/mol. The Kier molecular flexibility index (Phi) is 5.71. The van der Waals surface area contributed by atoms with Crippen LogP contribution in [-0.4, -0.2) is 51.9 Å². The quantitative estimate of drug-likeness (QED) is 0.691. The van der Waals surface area contributed by atoms with Gasteiger partial charge in [0.1, 0.15) is 17.4 Å². The number of methoxy groups -OCH3 is 1. The van der Waals surface area contributed by atoms with E-state index in [1.807, 2.05) is 54.8 Å². The van der Waals surface area contributed by atoms with E-state index in [4.69, 9.17) is 9.84 Å². The number of ether oxygens (including phenoxy) is 1. The lowest BCUT2D eigenvalue weighted by molar-refractivity contribution is 0.304. The van der Waals surface area contributed by atoms with Gasteiger partial charge in [-0.15, -0.1) is 0 Å². The molecule has 0 unspecified atom stereocenters. The number of anilines is 1. The van der Waals surface area contributed by atoms with Crippen molar-refractivity contribution in [3.63, 3.8) is 0 Å². The maximum absolute atomic E-state index is 9.15. The van der Waals surface area contributed by atoms with Gasteiger partial charge in [0, 0.05) is 38.0 Å². The molecule has 0 radical (unpaired) electrons. The van der Waals surface area contributed by atoms with Crippen molar-refractivity contribution in [2.45, 2.75) is 20.3 Å². The van der Waals surface area contributed by atoms with Crippen LogP contribution in [0.2, 0.25) is 0 Å². The minimum absolute atomic E-state index is 0.0846. The summed E-state index contributed by atoms with van der Waals surface area (Å²) < 4.78 is 7.53. The molecule has 1 N–H and O–H groups in total. The van der Waals surface area contributed by atoms with Crippen molar-refractivity contribution in [1.29, 1.82) is 0 Å². The van der Waals surface area contributed by atoms with Gasteiger partial charge in [0.05, 0.1) is 31.4 Å². The number of benzene rings is 1. The van der Waals surface area contributed by atoms with Crippen LogP contribution in [-0.2, 0) is 6.42 Å². The molecule has 0 fully saturated rings. The van der Waals surface area contributed by atoms with Gasteiger partial charge in [-0.2, -0.15) is 0 Å². The highest BCUT2D eigenvalue weighted by Gasteiger charge is 2.11. The summed E-state index contributed by atoms with van der Waals surface area (Å²) >= 11 is 0. The van der Waals surface area contributed by atoms with Gasteiger partial charge < -0.3 is 19.3 Å². The molecule has 27 heavy (non-hydrogen) atoms. The van der Waals surface area contributed by atoms with Crippen LogP contribution in [0.1, 0.15) is 22.8 Å². The molecule has 0 spiro atoms. The lowest BCUT2D eigenvalue weighted by atomic mass is 10.1. The van der Waals surface area contributed by atoms with Crippen molar-refractivity contribution < 1.29 is 9.84 Å². The minimum atomic E-state index is 0.0846. The molecule has 0 saturated carbocycles. The van der Waals surface area contributed by atoms with Crippen LogP contribution in [0.5, 0.6) is 5.75 Å². The van der Waals surface area contributed by atoms with E-state index < -0.39 is 0 Å². The molecule has 7 heteroatoms. The van der Waals surface area contributed by atoms with Gasteiger partial charge in [0.2, 0.25) is 0 Å². The van der Waals surface area contributed by atoms with Crippen molar-refractivity contribution >= 4 is 5.82 Å². The summed E-state index contributed by atoms with van der Waals surface area (Å²) in [6.07, 6.45) is 4.34. The lowest BCUT2D eigenvalue weighted by Gasteiger charge is -2.18. The highest BCUT2D eigenvalue weighted by atomic mass is 16.5. The van der Waals surface area contributed by atoms with Gasteiger partial charge in [-0.1, -0.05) is 6.07 Å². The number of aryl methyl sites for hydroxylation is 2. The summed E-state index contributed by atoms with van der Waals surface area (Å²) in [6.45, 7) is 4.52. The Hall–Kier alpha value is -2.93. The first-order chi connectivity index (χ1) is 13.0. The van der Waals surface area contributed by atoms with Gasteiger partial charge in [0.25, 0.3) is 0 Å². The Morgan fingerprint density at radius 2 is 1.96 bits per heavy atom. The fourth-order valence-corrected chi connectivity index (χ4v) is 2.93. The topological polar surface area (TPSA) is 76.3 Å². The maximum Gasteiger partial charge on any atom is 0.143 e. The number of hydrogen-bond donors (Lipinski definition) is 1. The van der Waals surface area contributed by atoms with Crippen LogP contribution in [0.4, 0.5) is 5.82 Å². The van der Waals surface area contributed by atoms with Crippen LogP contribution >= 0.6 is 0 Å². The number of aromatic nitrogens is 4. The molecule has 0 saturated heterocycles. The van der Waals surface area contributed by atoms with Gasteiger partial charge >= 0.3 is 0 Å². The molecule has 0 atom stereocenters. The highest BCUT2D eigenvalue weighted by molar-refractivity contribution is 5.50. The maximum atomic E-state index is 9.15. The van der Waals surface area contributed by atoms with Crippen LogP contribution in [0.25, 0.3) is 5.69 Å². The monoisotopic (exact) mass is 367 g/mol. The molecule has 142 valence electrons. The normalized spacial score (nSPS) is 10.9. The zero-order valence-corrected chi connectivity index (χ0v) is 16.2. The average Bonchev–Trinajstić information content (AvgIpc) is 3.07. The average molecular weight is 367 g/mol. The number of aliphatic hydroxyl groups excluding tert-OH is 1. The number of rotatable bonds is 7. The zero-order valence-electron chi connectivity index (χ0n) is 16.2. The molecule has 0 aliphatic heterocycles. The predicted octanol–water partition coefficient (Wildman–Crippen LogP) is 2.31. The van der Waals surface area contributed by atoms with E-state index in [2.05, 4.69) is 21.0 Å². The van der Waals surface area contributed by atoms with Crippen LogP contribution in [0, 0.1) is 13.8 Å². The van der Waals surface area contributed by atoms with Crippen molar-refractivity contribution in [3.05, 3.63) is 59.6 Å². The summed E-state index contributed by atoms with van der Waals surface area (Å²) in [5.74, 6) is 2.32. The van der Waals surface area contributed by atoms with Gasteiger partial charge in [0.15, 0.2) is 0 Å². The number of imidazole rings is 1. The van der Waals surface area contributed by atoms with Crippen LogP contribution in [0.15, 0.2) is 36.8 Å². The summed E-state index contributed by atoms with van der Waals surface area (Å²) in [5, 5.41) is 9.15. The molecule has 0 aliphatic carbocycles. The third-order valence-electron chi connectivity index (χ3n) is 4.31. The van der Waals surface area contributed by atoms with E-state index in [0.29, 0.717) is 13.0 Å². The molecule has 2 aromatic heterocycles. The van der Waals surface area contributed by atoms with Crippen molar-refractivity contribution in [2.75, 3.05) is 32.2 Å². The first kappa shape index (κ1) is 18.8. The van der Waals surface area contributed by atoms with Gasteiger partial charge in [-0.25, -0.2) is 15.0 Å². The first-order valence-electron chi connectivity index (χ1n) is 8.84. The van der Waals surface area contributed by atoms with Crippen LogP contribution in [0.3, 0.4) is 0 Å². The van der Waals surface area contributed by atoms with E-state index in [-0.39, 0.29) is 6.61 Å². The molecular formula is C20H25N5O2. The molecule has 2 heterocycles. The lowest BCUT2D eigenvalue weighted by Crippen LogP contribution is -2.23. The second-order valence-corrected chi connectivity index (χ2v) is 6.53. The Morgan fingerprint density at radius 1 is 1.15 bits per heavy atom. The Balaban J connectivity index is 1.87. The number of hydrogen-bond acceptors (Lipinski definition) is 6. The first-order valence-corrected chi connectivity index (χ1v) is 8.84. The van der Waals surface area contributed by atoms with Crippen LogP contribution < -0.4 is 9.64 Å². The van der Waals surface area contributed by atoms with E-state index in [1.165, 1.54) is 0 Å². The van der Waals surface area contributed by atoms with E-state index >= 15 is 0 Å². The second kappa shape index (κ2) is 8.18. The van der Waals surface area contributed by atoms with Gasteiger partial charge in [-0.3, -0.25) is 0 Å². The van der Waals surface area contributed by atoms with Gasteiger partial charge in [-0.05, 0) is 31.5 Å². The molecule has 3 aromatic rings. The molecule has 3 rings (SSSR count). The summed E-state index contributed by atoms with van der Waals surface area (Å²) in [5.41, 5.74) is 3.86. The third-order valence-corrected chi connectivity index (χ3v) is 4.31. The largest absolute Gasteiger partial charge is 0.495 e. The molecule has 1 aromatic carbocycles. The van der Waals surface area contributed by atoms with E-state index in [1.54, 1.807) is 13.4 Å². The number of aliphatic hydroxyl groups is 1. The standard InChI is InChI=1S/C20H25N5O2/c1-14-9-20(24(3)7-8-26)23-19(22-14)11-16-5-6-17(18(10-16)27-4)25-12-15(2)21-13-25/h5-6,9-10,12-13,26H,7-8,11H2,1-4H3. The molecule has 0 bridgehead atoms. The Labute approximate surface area is 159 Å². The zero-order chi connectivity index (χ0) is 19.4. The molecule has 7 nitrogen and oxygen atoms in total. The fourth-order valence-electron chi connectivity index (χ4n) is 2.93. The van der Waals surface area contributed by atoms with E-state index in [9.17, 15) is 0 Å². The smallest absolute Gasteiger partial charge is 0.143 e. The molecular weight excluding hydrogens is 342 g/mol. The molecule has 0 aliphatic rings. The van der Waals surface area contributed by atoms with Crippen molar-refractivity contribution in [1.82, 2.24) is 19.5 Å². The molecule has 0 amide bonds. The number of nitrogens with zero attached hydrogens (tertiary/aromatic N) is 5. The van der Waals surface area contributed by atoms with E-state index in [0.717, 1.165) is 40.0 Å². The number of likely N-dealkylation sites (N-methyl/N-ethyl adjacent to an activating group) is 1. The highest BCUT2D eigenvalue weighted by Crippen LogP contribution is 2.25.